The van der Waals surface area contributed by atoms with Crippen molar-refractivity contribution >= 4 is 39.7 Å². The Morgan fingerprint density at radius 1 is 1.31 bits per heavy atom. The molecular weight excluding hydrogens is 381 g/mol. The molecule has 3 rings (SSSR count). The van der Waals surface area contributed by atoms with E-state index in [1.165, 1.54) is 18.2 Å². The van der Waals surface area contributed by atoms with Crippen LogP contribution in [-0.2, 0) is 0 Å². The quantitative estimate of drug-likeness (QED) is 0.497. The van der Waals surface area contributed by atoms with Crippen LogP contribution in [0.5, 0.6) is 0 Å². The normalized spacial score (nSPS) is 10.6. The van der Waals surface area contributed by atoms with Gasteiger partial charge >= 0.3 is 0 Å². The Bertz CT molecular complexity index is 1020. The molecule has 2 aromatic carbocycles. The van der Waals surface area contributed by atoms with E-state index in [9.17, 15) is 19.3 Å². The lowest BCUT2D eigenvalue weighted by atomic mass is 10.1. The predicted molar refractivity (Wildman–Crippen MR) is 98.3 cm³/mol. The first kappa shape index (κ1) is 18.0. The second kappa shape index (κ2) is 7.19. The van der Waals surface area contributed by atoms with Gasteiger partial charge < -0.3 is 0 Å². The zero-order valence-corrected chi connectivity index (χ0v) is 14.9. The summed E-state index contributed by atoms with van der Waals surface area (Å²) in [5, 5.41) is 15.7. The molecule has 26 heavy (non-hydrogen) atoms. The number of nitro groups is 1. The molecule has 0 aliphatic rings. The number of aryl methyl sites for hydroxylation is 1. The number of thiazole rings is 1. The van der Waals surface area contributed by atoms with E-state index in [4.69, 9.17) is 11.6 Å². The Morgan fingerprint density at radius 3 is 2.81 bits per heavy atom. The van der Waals surface area contributed by atoms with Crippen molar-refractivity contribution in [2.45, 2.75) is 6.92 Å². The smallest absolute Gasteiger partial charge is 0.272 e. The fourth-order valence-corrected chi connectivity index (χ4v) is 3.15. The molecule has 0 aliphatic heterocycles. The van der Waals surface area contributed by atoms with Gasteiger partial charge in [-0.15, -0.1) is 11.3 Å². The van der Waals surface area contributed by atoms with Gasteiger partial charge in [-0.3, -0.25) is 20.2 Å². The van der Waals surface area contributed by atoms with Gasteiger partial charge in [0.05, 0.1) is 16.2 Å². The highest BCUT2D eigenvalue weighted by Gasteiger charge is 2.16. The van der Waals surface area contributed by atoms with Crippen LogP contribution in [0.2, 0.25) is 5.02 Å². The Morgan fingerprint density at radius 2 is 2.08 bits per heavy atom. The van der Waals surface area contributed by atoms with Gasteiger partial charge in [0.1, 0.15) is 5.82 Å². The van der Waals surface area contributed by atoms with Crippen molar-refractivity contribution in [2.24, 2.45) is 0 Å². The van der Waals surface area contributed by atoms with E-state index in [1.807, 2.05) is 0 Å². The van der Waals surface area contributed by atoms with Gasteiger partial charge in [-0.05, 0) is 25.1 Å². The van der Waals surface area contributed by atoms with Crippen molar-refractivity contribution in [3.8, 4) is 11.3 Å². The molecule has 1 N–H and O–H groups in total. The van der Waals surface area contributed by atoms with Gasteiger partial charge in [-0.25, -0.2) is 9.37 Å². The van der Waals surface area contributed by atoms with Crippen LogP contribution in [0, 0.1) is 22.9 Å². The zero-order valence-electron chi connectivity index (χ0n) is 13.3. The SMILES string of the molecule is Cc1ccc(-c2csc(NC(=O)c3cc(Cl)ccc3F)n2)cc1[N+](=O)[O-]. The van der Waals surface area contributed by atoms with Crippen LogP contribution in [0.15, 0.2) is 41.8 Å². The number of amides is 1. The number of benzene rings is 2. The van der Waals surface area contributed by atoms with Crippen molar-refractivity contribution in [3.05, 3.63) is 73.9 Å². The van der Waals surface area contributed by atoms with E-state index in [1.54, 1.807) is 24.4 Å². The van der Waals surface area contributed by atoms with E-state index in [-0.39, 0.29) is 21.4 Å². The molecule has 0 saturated carbocycles. The monoisotopic (exact) mass is 391 g/mol. The van der Waals surface area contributed by atoms with E-state index < -0.39 is 16.6 Å². The topological polar surface area (TPSA) is 85.1 Å². The number of halogens is 2. The van der Waals surface area contributed by atoms with Crippen LogP contribution in [0.25, 0.3) is 11.3 Å². The number of carbonyl (C=O) groups excluding carboxylic acids is 1. The summed E-state index contributed by atoms with van der Waals surface area (Å²) in [5.74, 6) is -1.38. The zero-order chi connectivity index (χ0) is 18.8. The van der Waals surface area contributed by atoms with Gasteiger partial charge in [0.15, 0.2) is 5.13 Å². The third-order valence-corrected chi connectivity index (χ3v) is 4.59. The van der Waals surface area contributed by atoms with Crippen LogP contribution < -0.4 is 5.32 Å². The first-order chi connectivity index (χ1) is 12.3. The van der Waals surface area contributed by atoms with Gasteiger partial charge in [-0.1, -0.05) is 23.7 Å². The largest absolute Gasteiger partial charge is 0.298 e. The fraction of sp³-hybridized carbons (Fsp3) is 0.0588. The number of nitrogens with one attached hydrogen (secondary N) is 1. The molecule has 0 radical (unpaired) electrons. The molecule has 6 nitrogen and oxygen atoms in total. The molecule has 0 unspecified atom stereocenters. The maximum Gasteiger partial charge on any atom is 0.272 e. The highest BCUT2D eigenvalue weighted by Crippen LogP contribution is 2.29. The maximum atomic E-state index is 13.8. The lowest BCUT2D eigenvalue weighted by Gasteiger charge is -2.04. The standard InChI is InChI=1S/C17H11ClFN3O3S/c1-9-2-3-10(6-15(9)22(24)25)14-8-26-17(20-14)21-16(23)12-7-11(18)4-5-13(12)19/h2-8H,1H3,(H,20,21,23). The molecule has 9 heteroatoms. The van der Waals surface area contributed by atoms with Crippen LogP contribution in [-0.4, -0.2) is 15.8 Å². The summed E-state index contributed by atoms with van der Waals surface area (Å²) in [7, 11) is 0. The summed E-state index contributed by atoms with van der Waals surface area (Å²) in [5.41, 5.74) is 1.36. The molecule has 0 saturated heterocycles. The van der Waals surface area contributed by atoms with Crippen LogP contribution in [0.4, 0.5) is 15.2 Å². The Kier molecular flexibility index (Phi) is 4.97. The molecule has 0 aliphatic carbocycles. The van der Waals surface area contributed by atoms with E-state index in [0.717, 1.165) is 17.4 Å². The number of nitro benzene ring substituents is 1. The van der Waals surface area contributed by atoms with Crippen LogP contribution in [0.1, 0.15) is 15.9 Å². The first-order valence-corrected chi connectivity index (χ1v) is 8.58. The summed E-state index contributed by atoms with van der Waals surface area (Å²) in [4.78, 5) is 27.0. The van der Waals surface area contributed by atoms with E-state index >= 15 is 0 Å². The minimum absolute atomic E-state index is 0.0120. The van der Waals surface area contributed by atoms with E-state index in [2.05, 4.69) is 10.3 Å². The highest BCUT2D eigenvalue weighted by atomic mass is 35.5. The maximum absolute atomic E-state index is 13.8. The third kappa shape index (κ3) is 3.71. The Hall–Kier alpha value is -2.84. The van der Waals surface area contributed by atoms with Gasteiger partial charge in [-0.2, -0.15) is 0 Å². The fourth-order valence-electron chi connectivity index (χ4n) is 2.27. The second-order valence-electron chi connectivity index (χ2n) is 5.37. The molecule has 1 aromatic heterocycles. The number of hydrogen-bond donors (Lipinski definition) is 1. The first-order valence-electron chi connectivity index (χ1n) is 7.32. The van der Waals surface area contributed by atoms with Crippen molar-refractivity contribution in [1.29, 1.82) is 0 Å². The number of nitrogens with zero attached hydrogens (tertiary/aromatic N) is 2. The molecule has 1 heterocycles. The summed E-state index contributed by atoms with van der Waals surface area (Å²) in [6, 6.07) is 8.44. The molecule has 0 fully saturated rings. The molecular formula is C17H11ClFN3O3S. The minimum atomic E-state index is -0.696. The number of anilines is 1. The average molecular weight is 392 g/mol. The van der Waals surface area contributed by atoms with Crippen molar-refractivity contribution < 1.29 is 14.1 Å². The van der Waals surface area contributed by atoms with E-state index in [0.29, 0.717) is 16.8 Å². The summed E-state index contributed by atoms with van der Waals surface area (Å²) < 4.78 is 13.8. The van der Waals surface area contributed by atoms with Gasteiger partial charge in [0.25, 0.3) is 11.6 Å². The summed E-state index contributed by atoms with van der Waals surface area (Å²) >= 11 is 6.91. The molecule has 0 atom stereocenters. The van der Waals surface area contributed by atoms with Crippen molar-refractivity contribution in [1.82, 2.24) is 4.98 Å². The molecule has 1 amide bonds. The molecule has 0 spiro atoms. The average Bonchev–Trinajstić information content (AvgIpc) is 3.05. The highest BCUT2D eigenvalue weighted by molar-refractivity contribution is 7.14. The third-order valence-electron chi connectivity index (χ3n) is 3.60. The number of hydrogen-bond acceptors (Lipinski definition) is 5. The Labute approximate surface area is 156 Å². The van der Waals surface area contributed by atoms with Crippen molar-refractivity contribution in [3.63, 3.8) is 0 Å². The summed E-state index contributed by atoms with van der Waals surface area (Å²) in [6.07, 6.45) is 0. The van der Waals surface area contributed by atoms with Crippen LogP contribution >= 0.6 is 22.9 Å². The number of carbonyl (C=O) groups is 1. The molecule has 3 aromatic rings. The Balaban J connectivity index is 1.84. The second-order valence-corrected chi connectivity index (χ2v) is 6.67. The lowest BCUT2D eigenvalue weighted by Crippen LogP contribution is -2.13. The molecule has 132 valence electrons. The van der Waals surface area contributed by atoms with Crippen LogP contribution in [0.3, 0.4) is 0 Å². The number of rotatable bonds is 4. The number of aromatic nitrogens is 1. The lowest BCUT2D eigenvalue weighted by molar-refractivity contribution is -0.385. The minimum Gasteiger partial charge on any atom is -0.298 e. The predicted octanol–water partition coefficient (Wildman–Crippen LogP) is 5.07. The van der Waals surface area contributed by atoms with Gasteiger partial charge in [0, 0.05) is 27.6 Å². The van der Waals surface area contributed by atoms with Gasteiger partial charge in [0.2, 0.25) is 0 Å². The molecule has 0 bridgehead atoms. The summed E-state index contributed by atoms with van der Waals surface area (Å²) in [6.45, 7) is 1.65. The van der Waals surface area contributed by atoms with Crippen molar-refractivity contribution in [2.75, 3.05) is 5.32 Å².